The molecule has 13 heavy (non-hydrogen) atoms. The Morgan fingerprint density at radius 1 is 1.31 bits per heavy atom. The van der Waals surface area contributed by atoms with Crippen molar-refractivity contribution in [3.63, 3.8) is 0 Å². The summed E-state index contributed by atoms with van der Waals surface area (Å²) in [6.45, 7) is 0. The lowest BCUT2D eigenvalue weighted by molar-refractivity contribution is 0.0528. The summed E-state index contributed by atoms with van der Waals surface area (Å²) in [5.74, 6) is 0. The van der Waals surface area contributed by atoms with Gasteiger partial charge in [0, 0.05) is 10.6 Å². The monoisotopic (exact) mass is 197 g/mol. The first-order valence-electron chi connectivity index (χ1n) is 3.67. The van der Waals surface area contributed by atoms with Crippen LogP contribution in [-0.2, 0) is 0 Å². The lowest BCUT2D eigenvalue weighted by Gasteiger charge is -2.12. The predicted octanol–water partition coefficient (Wildman–Crippen LogP) is 1.26. The smallest absolute Gasteiger partial charge is 0.170 e. The molecule has 4 heteroatoms. The Labute approximate surface area is 80.8 Å². The fourth-order valence-corrected chi connectivity index (χ4v) is 1.20. The summed E-state index contributed by atoms with van der Waals surface area (Å²) in [5, 5.41) is 27.1. The van der Waals surface area contributed by atoms with Crippen molar-refractivity contribution >= 4 is 11.6 Å². The van der Waals surface area contributed by atoms with Gasteiger partial charge in [0.15, 0.2) is 6.10 Å². The minimum atomic E-state index is -1.44. The van der Waals surface area contributed by atoms with Gasteiger partial charge in [-0.15, -0.1) is 0 Å². The van der Waals surface area contributed by atoms with Crippen LogP contribution < -0.4 is 0 Å². The lowest BCUT2D eigenvalue weighted by Crippen LogP contribution is -2.15. The maximum atomic E-state index is 9.41. The van der Waals surface area contributed by atoms with Crippen LogP contribution >= 0.6 is 11.6 Å². The van der Waals surface area contributed by atoms with Crippen LogP contribution in [0.2, 0.25) is 5.02 Å². The van der Waals surface area contributed by atoms with Crippen molar-refractivity contribution in [2.75, 3.05) is 0 Å². The zero-order valence-corrected chi connectivity index (χ0v) is 7.44. The third-order valence-corrected chi connectivity index (χ3v) is 2.00. The van der Waals surface area contributed by atoms with Crippen LogP contribution in [0.3, 0.4) is 0 Å². The van der Waals surface area contributed by atoms with Gasteiger partial charge in [-0.25, -0.2) is 0 Å². The molecule has 0 aromatic heterocycles. The first kappa shape index (κ1) is 10.0. The van der Waals surface area contributed by atoms with Gasteiger partial charge in [0.1, 0.15) is 6.10 Å². The van der Waals surface area contributed by atoms with Crippen molar-refractivity contribution in [1.29, 1.82) is 5.26 Å². The molecular weight excluding hydrogens is 190 g/mol. The van der Waals surface area contributed by atoms with Gasteiger partial charge in [0.2, 0.25) is 0 Å². The zero-order chi connectivity index (χ0) is 9.84. The molecule has 0 heterocycles. The van der Waals surface area contributed by atoms with E-state index in [4.69, 9.17) is 22.0 Å². The minimum Gasteiger partial charge on any atom is -0.384 e. The lowest BCUT2D eigenvalue weighted by atomic mass is 10.1. The van der Waals surface area contributed by atoms with Gasteiger partial charge in [0.25, 0.3) is 0 Å². The van der Waals surface area contributed by atoms with Crippen molar-refractivity contribution in [3.8, 4) is 6.07 Å². The topological polar surface area (TPSA) is 64.2 Å². The summed E-state index contributed by atoms with van der Waals surface area (Å²) in [4.78, 5) is 0. The highest BCUT2D eigenvalue weighted by atomic mass is 35.5. The number of aliphatic hydroxyl groups is 2. The number of nitriles is 1. The van der Waals surface area contributed by atoms with Crippen LogP contribution in [0.15, 0.2) is 24.3 Å². The Morgan fingerprint density at radius 2 is 1.92 bits per heavy atom. The highest BCUT2D eigenvalue weighted by Gasteiger charge is 2.19. The van der Waals surface area contributed by atoms with E-state index in [2.05, 4.69) is 0 Å². The van der Waals surface area contributed by atoms with Crippen LogP contribution in [0.5, 0.6) is 0 Å². The molecular formula is C9H8ClNO2. The van der Waals surface area contributed by atoms with E-state index >= 15 is 0 Å². The van der Waals surface area contributed by atoms with Crippen molar-refractivity contribution in [1.82, 2.24) is 0 Å². The number of hydrogen-bond donors (Lipinski definition) is 2. The quantitative estimate of drug-likeness (QED) is 0.702. The molecule has 0 spiro atoms. The summed E-state index contributed by atoms with van der Waals surface area (Å²) in [5.41, 5.74) is 0.359. The maximum Gasteiger partial charge on any atom is 0.170 e. The highest BCUT2D eigenvalue weighted by Crippen LogP contribution is 2.24. The van der Waals surface area contributed by atoms with Gasteiger partial charge in [0.05, 0.1) is 6.07 Å². The van der Waals surface area contributed by atoms with E-state index in [1.807, 2.05) is 0 Å². The molecule has 0 saturated heterocycles. The second-order valence-corrected chi connectivity index (χ2v) is 2.95. The van der Waals surface area contributed by atoms with Gasteiger partial charge < -0.3 is 10.2 Å². The van der Waals surface area contributed by atoms with Gasteiger partial charge in [-0.3, -0.25) is 0 Å². The van der Waals surface area contributed by atoms with Crippen molar-refractivity contribution in [2.45, 2.75) is 12.2 Å². The van der Waals surface area contributed by atoms with Crippen LogP contribution in [0, 0.1) is 11.3 Å². The highest BCUT2D eigenvalue weighted by molar-refractivity contribution is 6.31. The molecule has 0 unspecified atom stereocenters. The molecule has 3 nitrogen and oxygen atoms in total. The second-order valence-electron chi connectivity index (χ2n) is 2.54. The Bertz CT molecular complexity index is 335. The molecule has 0 fully saturated rings. The summed E-state index contributed by atoms with van der Waals surface area (Å²) in [6, 6.07) is 8.07. The van der Waals surface area contributed by atoms with Gasteiger partial charge in [-0.2, -0.15) is 5.26 Å². The second kappa shape index (κ2) is 4.24. The SMILES string of the molecule is N#C[C@H](O)[C@@H](O)c1ccccc1Cl. The standard InChI is InChI=1S/C9H8ClNO2/c10-7-4-2-1-3-6(7)9(13)8(12)5-11/h1-4,8-9,12-13H/t8-,9-/m0/s1. The maximum absolute atomic E-state index is 9.41. The number of nitrogens with zero attached hydrogens (tertiary/aromatic N) is 1. The Hall–Kier alpha value is -1.08. The van der Waals surface area contributed by atoms with E-state index in [1.54, 1.807) is 24.3 Å². The van der Waals surface area contributed by atoms with Crippen molar-refractivity contribution < 1.29 is 10.2 Å². The number of aliphatic hydroxyl groups excluding tert-OH is 2. The molecule has 0 saturated carbocycles. The average molecular weight is 198 g/mol. The number of rotatable bonds is 2. The normalized spacial score (nSPS) is 14.6. The molecule has 2 N–H and O–H groups in total. The largest absolute Gasteiger partial charge is 0.384 e. The molecule has 68 valence electrons. The summed E-state index contributed by atoms with van der Waals surface area (Å²) < 4.78 is 0. The molecule has 0 aliphatic rings. The third kappa shape index (κ3) is 2.19. The van der Waals surface area contributed by atoms with E-state index in [-0.39, 0.29) is 0 Å². The average Bonchev–Trinajstić information content (AvgIpc) is 2.16. The molecule has 0 amide bonds. The van der Waals surface area contributed by atoms with Crippen molar-refractivity contribution in [3.05, 3.63) is 34.9 Å². The summed E-state index contributed by atoms with van der Waals surface area (Å²) >= 11 is 5.74. The Kier molecular flexibility index (Phi) is 3.26. The van der Waals surface area contributed by atoms with Crippen LogP contribution in [0.4, 0.5) is 0 Å². The van der Waals surface area contributed by atoms with E-state index in [0.29, 0.717) is 10.6 Å². The van der Waals surface area contributed by atoms with Gasteiger partial charge >= 0.3 is 0 Å². The number of halogens is 1. The number of benzene rings is 1. The van der Waals surface area contributed by atoms with Gasteiger partial charge in [-0.1, -0.05) is 29.8 Å². The van der Waals surface area contributed by atoms with Crippen molar-refractivity contribution in [2.24, 2.45) is 0 Å². The van der Waals surface area contributed by atoms with Crippen LogP contribution in [-0.4, -0.2) is 16.3 Å². The van der Waals surface area contributed by atoms with Gasteiger partial charge in [-0.05, 0) is 6.07 Å². The molecule has 1 aromatic carbocycles. The Balaban J connectivity index is 2.96. The molecule has 1 rings (SSSR count). The van der Waals surface area contributed by atoms with E-state index in [1.165, 1.54) is 6.07 Å². The predicted molar refractivity (Wildman–Crippen MR) is 48.0 cm³/mol. The molecule has 0 bridgehead atoms. The molecule has 0 radical (unpaired) electrons. The summed E-state index contributed by atoms with van der Waals surface area (Å²) in [6.07, 6.45) is -2.70. The Morgan fingerprint density at radius 3 is 2.46 bits per heavy atom. The van der Waals surface area contributed by atoms with E-state index < -0.39 is 12.2 Å². The first-order valence-corrected chi connectivity index (χ1v) is 4.04. The minimum absolute atomic E-state index is 0.337. The molecule has 1 aromatic rings. The molecule has 0 aliphatic carbocycles. The zero-order valence-electron chi connectivity index (χ0n) is 6.68. The summed E-state index contributed by atoms with van der Waals surface area (Å²) in [7, 11) is 0. The van der Waals surface area contributed by atoms with E-state index in [9.17, 15) is 5.11 Å². The third-order valence-electron chi connectivity index (χ3n) is 1.66. The van der Waals surface area contributed by atoms with E-state index in [0.717, 1.165) is 0 Å². The van der Waals surface area contributed by atoms with Crippen LogP contribution in [0.25, 0.3) is 0 Å². The molecule has 0 aliphatic heterocycles. The number of hydrogen-bond acceptors (Lipinski definition) is 3. The van der Waals surface area contributed by atoms with Crippen LogP contribution in [0.1, 0.15) is 11.7 Å². The first-order chi connectivity index (χ1) is 6.16. The fourth-order valence-electron chi connectivity index (χ4n) is 0.956. The molecule has 2 atom stereocenters. The fraction of sp³-hybridized carbons (Fsp3) is 0.222.